The van der Waals surface area contributed by atoms with Crippen LogP contribution in [0.4, 0.5) is 0 Å². The van der Waals surface area contributed by atoms with Crippen LogP contribution in [-0.4, -0.2) is 32.5 Å². The predicted molar refractivity (Wildman–Crippen MR) is 60.0 cm³/mol. The summed E-state index contributed by atoms with van der Waals surface area (Å²) in [4.78, 5) is 25.2. The molecular weight excluding hydrogens is 222 g/mol. The summed E-state index contributed by atoms with van der Waals surface area (Å²) >= 11 is 0. The van der Waals surface area contributed by atoms with Crippen LogP contribution in [0, 0.1) is 0 Å². The molecule has 1 aromatic carbocycles. The summed E-state index contributed by atoms with van der Waals surface area (Å²) in [6, 6.07) is 2.54. The highest BCUT2D eigenvalue weighted by Gasteiger charge is 2.44. The van der Waals surface area contributed by atoms with Crippen LogP contribution < -0.4 is 0 Å². The van der Waals surface area contributed by atoms with Gasteiger partial charge in [0.05, 0.1) is 11.1 Å². The molecular formula is C12H13NO4. The van der Waals surface area contributed by atoms with Gasteiger partial charge < -0.3 is 10.2 Å². The van der Waals surface area contributed by atoms with E-state index in [4.69, 9.17) is 0 Å². The van der Waals surface area contributed by atoms with Crippen LogP contribution in [0.2, 0.25) is 0 Å². The molecule has 17 heavy (non-hydrogen) atoms. The van der Waals surface area contributed by atoms with Gasteiger partial charge >= 0.3 is 0 Å². The number of fused-ring (bicyclic) bond motifs is 1. The molecule has 1 heterocycles. The average molecular weight is 235 g/mol. The van der Waals surface area contributed by atoms with Crippen LogP contribution in [0.15, 0.2) is 12.1 Å². The highest BCUT2D eigenvalue weighted by Crippen LogP contribution is 2.38. The van der Waals surface area contributed by atoms with Crippen LogP contribution in [0.1, 0.15) is 41.5 Å². The summed E-state index contributed by atoms with van der Waals surface area (Å²) in [6.45, 7) is 5.18. The van der Waals surface area contributed by atoms with Crippen molar-refractivity contribution in [2.45, 2.75) is 26.3 Å². The van der Waals surface area contributed by atoms with Crippen molar-refractivity contribution in [2.75, 3.05) is 0 Å². The molecule has 1 aliphatic heterocycles. The number of imide groups is 1. The summed E-state index contributed by atoms with van der Waals surface area (Å²) in [7, 11) is 0. The van der Waals surface area contributed by atoms with Crippen molar-refractivity contribution in [2.24, 2.45) is 0 Å². The van der Waals surface area contributed by atoms with E-state index in [0.29, 0.717) is 0 Å². The molecule has 2 amide bonds. The maximum absolute atomic E-state index is 12.1. The second-order valence-electron chi connectivity index (χ2n) is 4.97. The van der Waals surface area contributed by atoms with Gasteiger partial charge in [0.2, 0.25) is 0 Å². The summed E-state index contributed by atoms with van der Waals surface area (Å²) in [5.41, 5.74) is -0.667. The fraction of sp³-hybridized carbons (Fsp3) is 0.333. The molecule has 0 aromatic heterocycles. The number of hydrogen-bond donors (Lipinski definition) is 2. The molecule has 2 rings (SSSR count). The Kier molecular flexibility index (Phi) is 2.17. The maximum atomic E-state index is 12.1. The molecule has 0 saturated carbocycles. The second-order valence-corrected chi connectivity index (χ2v) is 4.97. The summed E-state index contributed by atoms with van der Waals surface area (Å²) in [5, 5.41) is 19.0. The Hall–Kier alpha value is -2.04. The molecule has 0 aliphatic carbocycles. The van der Waals surface area contributed by atoms with E-state index >= 15 is 0 Å². The first-order valence-electron chi connectivity index (χ1n) is 5.19. The first-order chi connectivity index (χ1) is 7.75. The molecule has 0 fully saturated rings. The highest BCUT2D eigenvalue weighted by molar-refractivity contribution is 6.23. The molecule has 0 bridgehead atoms. The number of carbonyl (C=O) groups excluding carboxylic acids is 2. The molecule has 0 atom stereocenters. The van der Waals surface area contributed by atoms with Crippen molar-refractivity contribution in [3.8, 4) is 11.5 Å². The van der Waals surface area contributed by atoms with E-state index < -0.39 is 28.9 Å². The zero-order chi connectivity index (χ0) is 13.0. The third kappa shape index (κ3) is 1.46. The standard InChI is InChI=1S/C12H13NO4/c1-12(2,3)13-10(16)6-4-5-7(14)9(15)8(6)11(13)17/h4-5,14-15H,1-3H3. The van der Waals surface area contributed by atoms with E-state index in [-0.39, 0.29) is 11.1 Å². The number of hydrogen-bond acceptors (Lipinski definition) is 4. The molecule has 0 spiro atoms. The number of carbonyl (C=O) groups is 2. The Bertz CT molecular complexity index is 528. The molecule has 5 heteroatoms. The highest BCUT2D eigenvalue weighted by atomic mass is 16.3. The Balaban J connectivity index is 2.66. The van der Waals surface area contributed by atoms with Crippen molar-refractivity contribution in [3.05, 3.63) is 23.3 Å². The topological polar surface area (TPSA) is 77.8 Å². The summed E-state index contributed by atoms with van der Waals surface area (Å²) < 4.78 is 0. The lowest BCUT2D eigenvalue weighted by molar-refractivity contribution is 0.0507. The van der Waals surface area contributed by atoms with Crippen molar-refractivity contribution in [1.29, 1.82) is 0 Å². The zero-order valence-corrected chi connectivity index (χ0v) is 9.81. The fourth-order valence-corrected chi connectivity index (χ4v) is 1.91. The van der Waals surface area contributed by atoms with E-state index in [1.54, 1.807) is 20.8 Å². The van der Waals surface area contributed by atoms with E-state index in [0.717, 1.165) is 4.90 Å². The van der Waals surface area contributed by atoms with Crippen LogP contribution in [0.25, 0.3) is 0 Å². The van der Waals surface area contributed by atoms with Gasteiger partial charge in [0.25, 0.3) is 11.8 Å². The summed E-state index contributed by atoms with van der Waals surface area (Å²) in [5.74, 6) is -1.97. The monoisotopic (exact) mass is 235 g/mol. The normalized spacial score (nSPS) is 15.4. The number of phenols is 2. The van der Waals surface area contributed by atoms with Crippen LogP contribution in [-0.2, 0) is 0 Å². The number of rotatable bonds is 0. The first kappa shape index (κ1) is 11.4. The lowest BCUT2D eigenvalue weighted by atomic mass is 10.1. The van der Waals surface area contributed by atoms with E-state index in [9.17, 15) is 19.8 Å². The lowest BCUT2D eigenvalue weighted by Gasteiger charge is -2.29. The number of aromatic hydroxyl groups is 2. The number of nitrogens with zero attached hydrogens (tertiary/aromatic N) is 1. The molecule has 0 saturated heterocycles. The van der Waals surface area contributed by atoms with Crippen molar-refractivity contribution < 1.29 is 19.8 Å². The molecule has 0 radical (unpaired) electrons. The molecule has 5 nitrogen and oxygen atoms in total. The van der Waals surface area contributed by atoms with Gasteiger partial charge in [-0.3, -0.25) is 14.5 Å². The first-order valence-corrected chi connectivity index (χ1v) is 5.19. The Morgan fingerprint density at radius 1 is 1.06 bits per heavy atom. The largest absolute Gasteiger partial charge is 0.504 e. The van der Waals surface area contributed by atoms with Crippen molar-refractivity contribution >= 4 is 11.8 Å². The van der Waals surface area contributed by atoms with Crippen LogP contribution in [0.3, 0.4) is 0 Å². The quantitative estimate of drug-likeness (QED) is 0.527. The Morgan fingerprint density at radius 2 is 1.65 bits per heavy atom. The molecule has 0 unspecified atom stereocenters. The number of phenolic OH excluding ortho intramolecular Hbond substituents is 2. The Labute approximate surface area is 98.3 Å². The number of amides is 2. The van der Waals surface area contributed by atoms with Gasteiger partial charge in [0, 0.05) is 5.54 Å². The molecule has 90 valence electrons. The van der Waals surface area contributed by atoms with Gasteiger partial charge in [-0.05, 0) is 32.9 Å². The SMILES string of the molecule is CC(C)(C)N1C(=O)c2ccc(O)c(O)c2C1=O. The van der Waals surface area contributed by atoms with Gasteiger partial charge in [-0.25, -0.2) is 0 Å². The minimum Gasteiger partial charge on any atom is -0.504 e. The molecule has 1 aromatic rings. The third-order valence-electron chi connectivity index (χ3n) is 2.68. The van der Waals surface area contributed by atoms with E-state index in [2.05, 4.69) is 0 Å². The second kappa shape index (κ2) is 3.23. The smallest absolute Gasteiger partial charge is 0.265 e. The molecule has 1 aliphatic rings. The number of benzene rings is 1. The van der Waals surface area contributed by atoms with E-state index in [1.807, 2.05) is 0 Å². The van der Waals surface area contributed by atoms with E-state index in [1.165, 1.54) is 12.1 Å². The molecule has 2 N–H and O–H groups in total. The van der Waals surface area contributed by atoms with Crippen molar-refractivity contribution in [1.82, 2.24) is 4.90 Å². The van der Waals surface area contributed by atoms with Gasteiger partial charge in [0.15, 0.2) is 11.5 Å². The fourth-order valence-electron chi connectivity index (χ4n) is 1.91. The third-order valence-corrected chi connectivity index (χ3v) is 2.68. The zero-order valence-electron chi connectivity index (χ0n) is 9.81. The van der Waals surface area contributed by atoms with Gasteiger partial charge in [-0.15, -0.1) is 0 Å². The lowest BCUT2D eigenvalue weighted by Crippen LogP contribution is -2.45. The maximum Gasteiger partial charge on any atom is 0.265 e. The summed E-state index contributed by atoms with van der Waals surface area (Å²) in [6.07, 6.45) is 0. The van der Waals surface area contributed by atoms with Crippen molar-refractivity contribution in [3.63, 3.8) is 0 Å². The minimum atomic E-state index is -0.671. The Morgan fingerprint density at radius 3 is 2.18 bits per heavy atom. The van der Waals surface area contributed by atoms with Gasteiger partial charge in [-0.1, -0.05) is 0 Å². The van der Waals surface area contributed by atoms with Crippen LogP contribution in [0.5, 0.6) is 11.5 Å². The average Bonchev–Trinajstić information content (AvgIpc) is 2.44. The predicted octanol–water partition coefficient (Wildman–Crippen LogP) is 1.49. The van der Waals surface area contributed by atoms with Gasteiger partial charge in [-0.2, -0.15) is 0 Å². The minimum absolute atomic E-state index is 0.120. The van der Waals surface area contributed by atoms with Gasteiger partial charge in [0.1, 0.15) is 0 Å². The van der Waals surface area contributed by atoms with Crippen LogP contribution >= 0.6 is 0 Å².